The first-order valence-corrected chi connectivity index (χ1v) is 12.5. The first-order chi connectivity index (χ1) is 17.1. The van der Waals surface area contributed by atoms with E-state index in [2.05, 4.69) is 57.6 Å². The third kappa shape index (κ3) is 4.27. The monoisotopic (exact) mass is 474 g/mol. The Balaban J connectivity index is 1.17. The van der Waals surface area contributed by atoms with Crippen LogP contribution in [0.5, 0.6) is 5.75 Å². The van der Waals surface area contributed by atoms with Crippen LogP contribution in [-0.2, 0) is 7.05 Å². The second-order valence-electron chi connectivity index (χ2n) is 9.68. The van der Waals surface area contributed by atoms with Crippen LogP contribution in [0.3, 0.4) is 0 Å². The highest BCUT2D eigenvalue weighted by Gasteiger charge is 2.37. The van der Waals surface area contributed by atoms with E-state index >= 15 is 4.39 Å². The fourth-order valence-electron chi connectivity index (χ4n) is 5.20. The number of imidazole rings is 1. The first kappa shape index (κ1) is 22.1. The third-order valence-corrected chi connectivity index (χ3v) is 7.50. The molecule has 8 heteroatoms. The molecule has 182 valence electrons. The minimum absolute atomic E-state index is 0.340. The Labute approximate surface area is 204 Å². The average Bonchev–Trinajstić information content (AvgIpc) is 3.39. The van der Waals surface area contributed by atoms with Gasteiger partial charge in [0.2, 0.25) is 0 Å². The predicted molar refractivity (Wildman–Crippen MR) is 134 cm³/mol. The van der Waals surface area contributed by atoms with Gasteiger partial charge in [-0.25, -0.2) is 9.37 Å². The number of pyridine rings is 1. The fourth-order valence-corrected chi connectivity index (χ4v) is 5.20. The fraction of sp³-hybridized carbons (Fsp3) is 0.407. The van der Waals surface area contributed by atoms with E-state index in [0.29, 0.717) is 47.1 Å². The molecule has 2 aliphatic rings. The summed E-state index contributed by atoms with van der Waals surface area (Å²) in [6, 6.07) is 12.5. The van der Waals surface area contributed by atoms with Gasteiger partial charge in [0.05, 0.1) is 18.0 Å². The van der Waals surface area contributed by atoms with Gasteiger partial charge < -0.3 is 14.5 Å². The van der Waals surface area contributed by atoms with Gasteiger partial charge in [-0.15, -0.1) is 0 Å². The number of benzene rings is 1. The molecule has 1 aromatic carbocycles. The third-order valence-electron chi connectivity index (χ3n) is 7.50. The van der Waals surface area contributed by atoms with Crippen molar-refractivity contribution in [3.63, 3.8) is 0 Å². The lowest BCUT2D eigenvalue weighted by Crippen LogP contribution is -2.50. The molecule has 6 rings (SSSR count). The van der Waals surface area contributed by atoms with Crippen molar-refractivity contribution in [3.05, 3.63) is 66.4 Å². The number of likely N-dealkylation sites (tertiary alicyclic amines) is 1. The zero-order chi connectivity index (χ0) is 23.9. The summed E-state index contributed by atoms with van der Waals surface area (Å²) < 4.78 is 24.9. The Hall–Kier alpha value is -3.39. The second kappa shape index (κ2) is 9.00. The van der Waals surface area contributed by atoms with Gasteiger partial charge in [0, 0.05) is 38.4 Å². The molecule has 3 aromatic heterocycles. The molecule has 0 radical (unpaired) electrons. The van der Waals surface area contributed by atoms with Crippen LogP contribution < -0.4 is 10.1 Å². The van der Waals surface area contributed by atoms with Crippen LogP contribution in [0.15, 0.2) is 55.0 Å². The van der Waals surface area contributed by atoms with Crippen LogP contribution in [0.25, 0.3) is 16.9 Å². The van der Waals surface area contributed by atoms with Gasteiger partial charge in [-0.05, 0) is 36.8 Å². The number of aryl methyl sites for hydroxylation is 1. The summed E-state index contributed by atoms with van der Waals surface area (Å²) in [5.74, 6) is 2.23. The summed E-state index contributed by atoms with van der Waals surface area (Å²) >= 11 is 0. The quantitative estimate of drug-likeness (QED) is 0.385. The maximum Gasteiger partial charge on any atom is 0.165 e. The molecule has 1 aliphatic carbocycles. The molecule has 35 heavy (non-hydrogen) atoms. The smallest absolute Gasteiger partial charge is 0.165 e. The minimum atomic E-state index is -0.340. The summed E-state index contributed by atoms with van der Waals surface area (Å²) in [7, 11) is 1.81. The van der Waals surface area contributed by atoms with Crippen molar-refractivity contribution in [1.82, 2.24) is 24.1 Å². The molecule has 0 bridgehead atoms. The molecule has 4 heterocycles. The number of rotatable bonds is 9. The Morgan fingerprint density at radius 1 is 1.20 bits per heavy atom. The van der Waals surface area contributed by atoms with Gasteiger partial charge in [0.15, 0.2) is 5.75 Å². The molecule has 0 amide bonds. The van der Waals surface area contributed by atoms with E-state index in [1.807, 2.05) is 17.6 Å². The van der Waals surface area contributed by atoms with Gasteiger partial charge in [0.25, 0.3) is 0 Å². The number of fused-ring (bicyclic) bond motifs is 1. The van der Waals surface area contributed by atoms with E-state index in [0.717, 1.165) is 31.9 Å². The van der Waals surface area contributed by atoms with E-state index in [1.54, 1.807) is 17.1 Å². The van der Waals surface area contributed by atoms with Gasteiger partial charge in [-0.1, -0.05) is 37.3 Å². The topological polar surface area (TPSA) is 59.6 Å². The predicted octanol–water partition coefficient (Wildman–Crippen LogP) is 4.56. The highest BCUT2D eigenvalue weighted by molar-refractivity contribution is 5.68. The van der Waals surface area contributed by atoms with Gasteiger partial charge in [0.1, 0.15) is 29.6 Å². The maximum atomic E-state index is 15.2. The number of nitrogens with zero attached hydrogens (tertiary/aromatic N) is 5. The molecule has 1 saturated carbocycles. The van der Waals surface area contributed by atoms with Gasteiger partial charge >= 0.3 is 0 Å². The Kier molecular flexibility index (Phi) is 5.68. The molecule has 3 atom stereocenters. The molecule has 1 aliphatic heterocycles. The minimum Gasteiger partial charge on any atom is -0.488 e. The van der Waals surface area contributed by atoms with Crippen LogP contribution in [-0.4, -0.2) is 56.3 Å². The molecule has 0 unspecified atom stereocenters. The summed E-state index contributed by atoms with van der Waals surface area (Å²) in [6.07, 6.45) is 7.68. The molecule has 0 spiro atoms. The van der Waals surface area contributed by atoms with Crippen LogP contribution in [0.4, 0.5) is 10.2 Å². The highest BCUT2D eigenvalue weighted by Crippen LogP contribution is 2.47. The lowest BCUT2D eigenvalue weighted by molar-refractivity contribution is 0.0562. The number of aromatic nitrogens is 4. The standard InChI is InChI=1S/C27H31FN6O/c1-3-33-10-9-20(33)17-35-24-14-30-32(2)27(24)22-15-34-16-25(31-26(34)12-23(22)28)29-13-19-11-21(19)18-7-5-4-6-8-18/h4-8,12,14-16,19-21,29H,3,9-11,13,17H2,1-2H3/t19-,20-,21+/m1/s1. The normalized spacial score (nSPS) is 21.7. The maximum absolute atomic E-state index is 15.2. The molecule has 7 nitrogen and oxygen atoms in total. The number of hydrogen-bond acceptors (Lipinski definition) is 5. The van der Waals surface area contributed by atoms with Gasteiger partial charge in [-0.3, -0.25) is 9.58 Å². The number of halogens is 1. The molecular formula is C27H31FN6O. The Morgan fingerprint density at radius 3 is 2.83 bits per heavy atom. The van der Waals surface area contributed by atoms with E-state index in [1.165, 1.54) is 18.1 Å². The number of nitrogens with one attached hydrogen (secondary N) is 1. The highest BCUT2D eigenvalue weighted by atomic mass is 19.1. The van der Waals surface area contributed by atoms with E-state index in [4.69, 9.17) is 4.74 Å². The molecule has 1 saturated heterocycles. The van der Waals surface area contributed by atoms with Crippen molar-refractivity contribution in [2.24, 2.45) is 13.0 Å². The molecule has 4 aromatic rings. The summed E-state index contributed by atoms with van der Waals surface area (Å²) in [4.78, 5) is 6.97. The summed E-state index contributed by atoms with van der Waals surface area (Å²) in [5.41, 5.74) is 3.05. The van der Waals surface area contributed by atoms with Crippen molar-refractivity contribution in [2.75, 3.05) is 31.6 Å². The zero-order valence-electron chi connectivity index (χ0n) is 20.2. The Morgan fingerprint density at radius 2 is 2.06 bits per heavy atom. The number of anilines is 1. The second-order valence-corrected chi connectivity index (χ2v) is 9.68. The van der Waals surface area contributed by atoms with Crippen molar-refractivity contribution in [1.29, 1.82) is 0 Å². The molecule has 1 N–H and O–H groups in total. The average molecular weight is 475 g/mol. The molecular weight excluding hydrogens is 443 g/mol. The van der Waals surface area contributed by atoms with Crippen LogP contribution in [0, 0.1) is 11.7 Å². The number of likely N-dealkylation sites (N-methyl/N-ethyl adjacent to an activating group) is 1. The SMILES string of the molecule is CCN1CC[C@@H]1COc1cnn(C)c1-c1cn2cc(NC[C@H]3C[C@H]3c3ccccc3)nc2cc1F. The van der Waals surface area contributed by atoms with Crippen LogP contribution in [0.1, 0.15) is 31.2 Å². The van der Waals surface area contributed by atoms with Crippen molar-refractivity contribution in [2.45, 2.75) is 31.7 Å². The van der Waals surface area contributed by atoms with Crippen LogP contribution in [0.2, 0.25) is 0 Å². The summed E-state index contributed by atoms with van der Waals surface area (Å²) in [6.45, 7) is 5.73. The largest absolute Gasteiger partial charge is 0.488 e. The van der Waals surface area contributed by atoms with Gasteiger partial charge in [-0.2, -0.15) is 5.10 Å². The lowest BCUT2D eigenvalue weighted by Gasteiger charge is -2.39. The first-order valence-electron chi connectivity index (χ1n) is 12.5. The van der Waals surface area contributed by atoms with Crippen LogP contribution >= 0.6 is 0 Å². The number of hydrogen-bond donors (Lipinski definition) is 1. The van der Waals surface area contributed by atoms with Crippen molar-refractivity contribution < 1.29 is 9.13 Å². The van der Waals surface area contributed by atoms with E-state index in [-0.39, 0.29) is 5.82 Å². The van der Waals surface area contributed by atoms with Crippen molar-refractivity contribution in [3.8, 4) is 17.0 Å². The Bertz CT molecular complexity index is 1330. The lowest BCUT2D eigenvalue weighted by atomic mass is 10.0. The van der Waals surface area contributed by atoms with E-state index in [9.17, 15) is 0 Å². The van der Waals surface area contributed by atoms with Crippen molar-refractivity contribution >= 4 is 11.5 Å². The number of ether oxygens (including phenoxy) is 1. The molecule has 2 fully saturated rings. The zero-order valence-corrected chi connectivity index (χ0v) is 20.2. The summed E-state index contributed by atoms with van der Waals surface area (Å²) in [5, 5.41) is 7.79. The van der Waals surface area contributed by atoms with E-state index < -0.39 is 0 Å².